The fourth-order valence-corrected chi connectivity index (χ4v) is 2.10. The summed E-state index contributed by atoms with van der Waals surface area (Å²) in [5, 5.41) is 4.88. The standard InChI is InChI=1S/C13H11N3O2S/c14-11(17)6-7-12(18)16-13-15-10(8-19-13)9-4-2-1-3-5-9/h1-8H,(H2,14,17)(H,15,16,18)/b7-6+. The van der Waals surface area contributed by atoms with E-state index in [0.717, 1.165) is 23.4 Å². The van der Waals surface area contributed by atoms with Gasteiger partial charge in [0.1, 0.15) is 0 Å². The second-order valence-electron chi connectivity index (χ2n) is 3.63. The van der Waals surface area contributed by atoms with Gasteiger partial charge in [-0.05, 0) is 0 Å². The number of nitrogens with two attached hydrogens (primary N) is 1. The number of carbonyl (C=O) groups is 2. The number of amides is 2. The van der Waals surface area contributed by atoms with Crippen LogP contribution in [0.25, 0.3) is 11.3 Å². The smallest absolute Gasteiger partial charge is 0.250 e. The molecule has 0 aliphatic heterocycles. The first-order valence-corrected chi connectivity index (χ1v) is 6.32. The number of hydrogen-bond donors (Lipinski definition) is 2. The molecule has 2 rings (SSSR count). The average molecular weight is 273 g/mol. The van der Waals surface area contributed by atoms with Gasteiger partial charge in [0.25, 0.3) is 0 Å². The minimum atomic E-state index is -0.667. The molecule has 0 fully saturated rings. The molecule has 1 aromatic heterocycles. The number of nitrogens with one attached hydrogen (secondary N) is 1. The van der Waals surface area contributed by atoms with Crippen molar-refractivity contribution in [3.8, 4) is 11.3 Å². The predicted octanol–water partition coefficient (Wildman–Crippen LogP) is 1.79. The molecule has 96 valence electrons. The lowest BCUT2D eigenvalue weighted by Gasteiger charge is -1.96. The van der Waals surface area contributed by atoms with Crippen molar-refractivity contribution in [2.24, 2.45) is 5.73 Å². The largest absolute Gasteiger partial charge is 0.366 e. The molecule has 0 aliphatic rings. The van der Waals surface area contributed by atoms with Gasteiger partial charge in [0, 0.05) is 23.1 Å². The summed E-state index contributed by atoms with van der Waals surface area (Å²) in [5.74, 6) is -1.10. The van der Waals surface area contributed by atoms with Gasteiger partial charge >= 0.3 is 0 Å². The zero-order valence-corrected chi connectivity index (χ0v) is 10.7. The van der Waals surface area contributed by atoms with Crippen LogP contribution in [0.5, 0.6) is 0 Å². The Hall–Kier alpha value is -2.47. The summed E-state index contributed by atoms with van der Waals surface area (Å²) in [4.78, 5) is 26.2. The number of aromatic nitrogens is 1. The fraction of sp³-hybridized carbons (Fsp3) is 0. The van der Waals surface area contributed by atoms with E-state index in [-0.39, 0.29) is 0 Å². The second kappa shape index (κ2) is 5.92. The molecule has 0 saturated carbocycles. The number of benzene rings is 1. The van der Waals surface area contributed by atoms with E-state index >= 15 is 0 Å². The van der Waals surface area contributed by atoms with Gasteiger partial charge in [-0.1, -0.05) is 30.3 Å². The van der Waals surface area contributed by atoms with Crippen molar-refractivity contribution in [1.29, 1.82) is 0 Å². The molecule has 0 atom stereocenters. The molecule has 0 aliphatic carbocycles. The van der Waals surface area contributed by atoms with Crippen molar-refractivity contribution in [1.82, 2.24) is 4.98 Å². The number of thiazole rings is 1. The lowest BCUT2D eigenvalue weighted by Crippen LogP contribution is -2.11. The fourth-order valence-electron chi connectivity index (χ4n) is 1.38. The Morgan fingerprint density at radius 2 is 1.95 bits per heavy atom. The van der Waals surface area contributed by atoms with Crippen molar-refractivity contribution in [2.75, 3.05) is 5.32 Å². The molecule has 0 saturated heterocycles. The van der Waals surface area contributed by atoms with Gasteiger partial charge in [-0.2, -0.15) is 0 Å². The van der Waals surface area contributed by atoms with E-state index in [9.17, 15) is 9.59 Å². The number of nitrogens with zero attached hydrogens (tertiary/aromatic N) is 1. The van der Waals surface area contributed by atoms with E-state index < -0.39 is 11.8 Å². The van der Waals surface area contributed by atoms with E-state index in [1.807, 2.05) is 35.7 Å². The maximum Gasteiger partial charge on any atom is 0.250 e. The van der Waals surface area contributed by atoms with Crippen LogP contribution in [0.4, 0.5) is 5.13 Å². The number of hydrogen-bond acceptors (Lipinski definition) is 4. The molecule has 1 aromatic carbocycles. The van der Waals surface area contributed by atoms with Crippen LogP contribution in [0.15, 0.2) is 47.9 Å². The maximum atomic E-state index is 11.4. The Morgan fingerprint density at radius 3 is 2.63 bits per heavy atom. The molecule has 2 amide bonds. The first kappa shape index (κ1) is 13.0. The van der Waals surface area contributed by atoms with E-state index in [4.69, 9.17) is 5.73 Å². The van der Waals surface area contributed by atoms with Gasteiger partial charge in [-0.25, -0.2) is 4.98 Å². The highest BCUT2D eigenvalue weighted by Crippen LogP contribution is 2.24. The Kier molecular flexibility index (Phi) is 4.04. The van der Waals surface area contributed by atoms with E-state index in [1.54, 1.807) is 0 Å². The summed E-state index contributed by atoms with van der Waals surface area (Å²) in [6.07, 6.45) is 2.08. The molecule has 0 radical (unpaired) electrons. The molecular formula is C13H11N3O2S. The van der Waals surface area contributed by atoms with Crippen LogP contribution in [0.3, 0.4) is 0 Å². The highest BCUT2D eigenvalue weighted by molar-refractivity contribution is 7.14. The highest BCUT2D eigenvalue weighted by Gasteiger charge is 2.05. The molecule has 19 heavy (non-hydrogen) atoms. The Bertz CT molecular complexity index is 620. The third kappa shape index (κ3) is 3.75. The summed E-state index contributed by atoms with van der Waals surface area (Å²) in [7, 11) is 0. The Morgan fingerprint density at radius 1 is 1.21 bits per heavy atom. The zero-order valence-electron chi connectivity index (χ0n) is 9.87. The number of anilines is 1. The topological polar surface area (TPSA) is 85.1 Å². The highest BCUT2D eigenvalue weighted by atomic mass is 32.1. The first-order valence-electron chi connectivity index (χ1n) is 5.44. The third-order valence-electron chi connectivity index (χ3n) is 2.20. The molecular weight excluding hydrogens is 262 g/mol. The number of rotatable bonds is 4. The Labute approximate surface area is 113 Å². The number of carbonyl (C=O) groups excluding carboxylic acids is 2. The minimum Gasteiger partial charge on any atom is -0.366 e. The molecule has 0 unspecified atom stereocenters. The first-order chi connectivity index (χ1) is 9.15. The van der Waals surface area contributed by atoms with Crippen LogP contribution in [-0.4, -0.2) is 16.8 Å². The van der Waals surface area contributed by atoms with Crippen molar-refractivity contribution in [2.45, 2.75) is 0 Å². The van der Waals surface area contributed by atoms with Gasteiger partial charge in [0.05, 0.1) is 5.69 Å². The van der Waals surface area contributed by atoms with E-state index in [1.165, 1.54) is 11.3 Å². The van der Waals surface area contributed by atoms with E-state index in [2.05, 4.69) is 10.3 Å². The average Bonchev–Trinajstić information content (AvgIpc) is 2.86. The summed E-state index contributed by atoms with van der Waals surface area (Å²) in [5.41, 5.74) is 6.67. The van der Waals surface area contributed by atoms with Gasteiger partial charge in [-0.15, -0.1) is 11.3 Å². The lowest BCUT2D eigenvalue weighted by atomic mass is 10.2. The monoisotopic (exact) mass is 273 g/mol. The van der Waals surface area contributed by atoms with Gasteiger partial charge in [0.15, 0.2) is 5.13 Å². The molecule has 6 heteroatoms. The van der Waals surface area contributed by atoms with Crippen molar-refractivity contribution in [3.05, 3.63) is 47.9 Å². The lowest BCUT2D eigenvalue weighted by molar-refractivity contribution is -0.115. The third-order valence-corrected chi connectivity index (χ3v) is 2.96. The van der Waals surface area contributed by atoms with Crippen molar-refractivity contribution >= 4 is 28.3 Å². The van der Waals surface area contributed by atoms with Crippen LogP contribution in [-0.2, 0) is 9.59 Å². The second-order valence-corrected chi connectivity index (χ2v) is 4.49. The molecule has 0 bridgehead atoms. The van der Waals surface area contributed by atoms with Crippen LogP contribution < -0.4 is 11.1 Å². The molecule has 2 aromatic rings. The Balaban J connectivity index is 2.06. The zero-order chi connectivity index (χ0) is 13.7. The van der Waals surface area contributed by atoms with Crippen LogP contribution in [0, 0.1) is 0 Å². The van der Waals surface area contributed by atoms with Crippen LogP contribution >= 0.6 is 11.3 Å². The SMILES string of the molecule is NC(=O)/C=C/C(=O)Nc1nc(-c2ccccc2)cs1. The van der Waals surface area contributed by atoms with Crippen LogP contribution in [0.1, 0.15) is 0 Å². The van der Waals surface area contributed by atoms with Gasteiger partial charge in [-0.3, -0.25) is 14.9 Å². The normalized spacial score (nSPS) is 10.5. The van der Waals surface area contributed by atoms with Crippen molar-refractivity contribution in [3.63, 3.8) is 0 Å². The molecule has 1 heterocycles. The summed E-state index contributed by atoms with van der Waals surface area (Å²) in [6.45, 7) is 0. The predicted molar refractivity (Wildman–Crippen MR) is 74.5 cm³/mol. The quantitative estimate of drug-likeness (QED) is 0.833. The summed E-state index contributed by atoms with van der Waals surface area (Å²) in [6, 6.07) is 9.64. The summed E-state index contributed by atoms with van der Waals surface area (Å²) >= 11 is 1.31. The van der Waals surface area contributed by atoms with E-state index in [0.29, 0.717) is 5.13 Å². The van der Waals surface area contributed by atoms with Crippen molar-refractivity contribution < 1.29 is 9.59 Å². The molecule has 0 spiro atoms. The van der Waals surface area contributed by atoms with Crippen LogP contribution in [0.2, 0.25) is 0 Å². The molecule has 5 nitrogen and oxygen atoms in total. The van der Waals surface area contributed by atoms with Gasteiger partial charge in [0.2, 0.25) is 11.8 Å². The maximum absolute atomic E-state index is 11.4. The number of primary amides is 1. The summed E-state index contributed by atoms with van der Waals surface area (Å²) < 4.78 is 0. The minimum absolute atomic E-state index is 0.437. The molecule has 3 N–H and O–H groups in total. The van der Waals surface area contributed by atoms with Gasteiger partial charge < -0.3 is 5.73 Å².